The summed E-state index contributed by atoms with van der Waals surface area (Å²) in [7, 11) is 4.11. The highest BCUT2D eigenvalue weighted by Crippen LogP contribution is 2.27. The zero-order valence-electron chi connectivity index (χ0n) is 41.9. The van der Waals surface area contributed by atoms with Gasteiger partial charge in [-0.15, -0.1) is 0 Å². The number of carbonyl (C=O) groups is 2. The van der Waals surface area contributed by atoms with Gasteiger partial charge in [-0.1, -0.05) is 195 Å². The molecule has 0 radical (unpaired) electrons. The Bertz CT molecular complexity index is 1050. The maximum Gasteiger partial charge on any atom is 0.305 e. The van der Waals surface area contributed by atoms with Crippen LogP contribution >= 0.6 is 0 Å². The summed E-state index contributed by atoms with van der Waals surface area (Å²) in [5.74, 6) is 3.19. The second kappa shape index (κ2) is 42.7. The van der Waals surface area contributed by atoms with Gasteiger partial charge < -0.3 is 23.8 Å². The second-order valence-corrected chi connectivity index (χ2v) is 18.9. The van der Waals surface area contributed by atoms with Gasteiger partial charge in [-0.2, -0.15) is 0 Å². The molecule has 0 saturated carbocycles. The Kier molecular flexibility index (Phi) is 39.7. The Balaban J connectivity index is 2.27. The molecule has 0 heterocycles. The normalized spacial score (nSPS) is 11.6. The standard InChI is InChI=1S/C55H101NO6/c1-7-11-15-21-33-49(34-22-16-12-8-2)37-25-19-27-39-54(57)61-43-31-29-41-59-52-45-51(48-56(5)6)46-53(47-52)60-42-30-32-44-62-55(58)40-28-20-26-38-50(35-23-17-13-9-3)36-24-18-14-10-4/h45-47,49-50H,7-44,48H2,1-6H3. The van der Waals surface area contributed by atoms with Crippen LogP contribution in [-0.4, -0.2) is 57.4 Å². The fourth-order valence-electron chi connectivity index (χ4n) is 8.62. The average Bonchev–Trinajstić information content (AvgIpc) is 3.25. The van der Waals surface area contributed by atoms with E-state index in [0.29, 0.717) is 39.3 Å². The first-order chi connectivity index (χ1) is 30.3. The van der Waals surface area contributed by atoms with Crippen LogP contribution in [0.1, 0.15) is 252 Å². The van der Waals surface area contributed by atoms with Crippen LogP contribution in [0.5, 0.6) is 11.5 Å². The van der Waals surface area contributed by atoms with Crippen LogP contribution in [-0.2, 0) is 25.6 Å². The Hall–Kier alpha value is -2.28. The van der Waals surface area contributed by atoms with Crippen molar-refractivity contribution in [2.75, 3.05) is 40.5 Å². The number of rotatable bonds is 46. The molecule has 0 atom stereocenters. The molecule has 7 nitrogen and oxygen atoms in total. The molecule has 0 aliphatic rings. The van der Waals surface area contributed by atoms with Gasteiger partial charge >= 0.3 is 11.9 Å². The quantitative estimate of drug-likeness (QED) is 0.0477. The molecular weight excluding hydrogens is 771 g/mol. The fourth-order valence-corrected chi connectivity index (χ4v) is 8.62. The predicted molar refractivity (Wildman–Crippen MR) is 263 cm³/mol. The number of hydrogen-bond acceptors (Lipinski definition) is 7. The maximum atomic E-state index is 12.4. The lowest BCUT2D eigenvalue weighted by Crippen LogP contribution is -2.11. The molecule has 7 heteroatoms. The van der Waals surface area contributed by atoms with Crippen molar-refractivity contribution in [3.05, 3.63) is 23.8 Å². The molecule has 62 heavy (non-hydrogen) atoms. The SMILES string of the molecule is CCCCCCC(CCCCCC)CCCCCC(=O)OCCCCOc1cc(CN(C)C)cc(OCCCCOC(=O)CCCCCC(CCCCCC)CCCCCC)c1. The van der Waals surface area contributed by atoms with Gasteiger partial charge in [0.05, 0.1) is 26.4 Å². The van der Waals surface area contributed by atoms with Gasteiger partial charge in [-0.3, -0.25) is 9.59 Å². The highest BCUT2D eigenvalue weighted by atomic mass is 16.5. The molecule has 0 N–H and O–H groups in total. The molecule has 0 bridgehead atoms. The summed E-state index contributed by atoms with van der Waals surface area (Å²) in [5.41, 5.74) is 1.13. The van der Waals surface area contributed by atoms with E-state index in [2.05, 4.69) is 58.8 Å². The van der Waals surface area contributed by atoms with Crippen molar-refractivity contribution in [3.63, 3.8) is 0 Å². The smallest absolute Gasteiger partial charge is 0.305 e. The van der Waals surface area contributed by atoms with Gasteiger partial charge in [0.15, 0.2) is 0 Å². The van der Waals surface area contributed by atoms with E-state index in [1.54, 1.807) is 0 Å². The lowest BCUT2D eigenvalue weighted by molar-refractivity contribution is -0.144. The summed E-state index contributed by atoms with van der Waals surface area (Å²) in [4.78, 5) is 26.9. The van der Waals surface area contributed by atoms with Crippen LogP contribution in [0.3, 0.4) is 0 Å². The van der Waals surface area contributed by atoms with E-state index in [0.717, 1.165) is 86.8 Å². The number of benzene rings is 1. The lowest BCUT2D eigenvalue weighted by atomic mass is 9.89. The van der Waals surface area contributed by atoms with Gasteiger partial charge in [0.25, 0.3) is 0 Å². The van der Waals surface area contributed by atoms with E-state index in [1.807, 2.05) is 6.07 Å². The van der Waals surface area contributed by atoms with Crippen molar-refractivity contribution in [2.24, 2.45) is 11.8 Å². The van der Waals surface area contributed by atoms with E-state index in [4.69, 9.17) is 18.9 Å². The fraction of sp³-hybridized carbons (Fsp3) is 0.855. The molecule has 1 aromatic rings. The zero-order chi connectivity index (χ0) is 45.1. The van der Waals surface area contributed by atoms with E-state index in [1.165, 1.54) is 154 Å². The summed E-state index contributed by atoms with van der Waals surface area (Å²) >= 11 is 0. The van der Waals surface area contributed by atoms with Gasteiger partial charge in [-0.25, -0.2) is 0 Å². The first-order valence-electron chi connectivity index (χ1n) is 26.7. The number of ether oxygens (including phenoxy) is 4. The summed E-state index contributed by atoms with van der Waals surface area (Å²) in [5, 5.41) is 0. The van der Waals surface area contributed by atoms with Crippen LogP contribution in [0, 0.1) is 11.8 Å². The van der Waals surface area contributed by atoms with E-state index < -0.39 is 0 Å². The maximum absolute atomic E-state index is 12.4. The Morgan fingerprint density at radius 2 is 0.742 bits per heavy atom. The summed E-state index contributed by atoms with van der Waals surface area (Å²) in [6, 6.07) is 6.12. The minimum atomic E-state index is -0.0662. The number of hydrogen-bond donors (Lipinski definition) is 0. The molecule has 0 fully saturated rings. The van der Waals surface area contributed by atoms with E-state index in [9.17, 15) is 9.59 Å². The van der Waals surface area contributed by atoms with Crippen LogP contribution in [0.25, 0.3) is 0 Å². The van der Waals surface area contributed by atoms with Crippen molar-refractivity contribution in [1.29, 1.82) is 0 Å². The lowest BCUT2D eigenvalue weighted by Gasteiger charge is -2.17. The third-order valence-electron chi connectivity index (χ3n) is 12.4. The number of carbonyl (C=O) groups excluding carboxylic acids is 2. The molecule has 0 spiro atoms. The molecule has 0 aromatic heterocycles. The third kappa shape index (κ3) is 36.1. The van der Waals surface area contributed by atoms with Crippen LogP contribution < -0.4 is 9.47 Å². The van der Waals surface area contributed by atoms with Crippen LogP contribution in [0.15, 0.2) is 18.2 Å². The molecule has 0 saturated heterocycles. The summed E-state index contributed by atoms with van der Waals surface area (Å²) in [6.07, 6.45) is 40.7. The van der Waals surface area contributed by atoms with Crippen molar-refractivity contribution in [1.82, 2.24) is 4.90 Å². The molecule has 1 aromatic carbocycles. The minimum Gasteiger partial charge on any atom is -0.493 e. The first kappa shape index (κ1) is 57.7. The summed E-state index contributed by atoms with van der Waals surface area (Å²) < 4.78 is 23.4. The molecule has 362 valence electrons. The van der Waals surface area contributed by atoms with Gasteiger partial charge in [0.1, 0.15) is 11.5 Å². The Labute approximate surface area is 384 Å². The van der Waals surface area contributed by atoms with Crippen molar-refractivity contribution < 1.29 is 28.5 Å². The van der Waals surface area contributed by atoms with Crippen LogP contribution in [0.4, 0.5) is 0 Å². The largest absolute Gasteiger partial charge is 0.493 e. The van der Waals surface area contributed by atoms with Gasteiger partial charge in [0, 0.05) is 25.5 Å². The highest BCUT2D eigenvalue weighted by Gasteiger charge is 2.12. The third-order valence-corrected chi connectivity index (χ3v) is 12.4. The Morgan fingerprint density at radius 3 is 1.06 bits per heavy atom. The molecule has 1 rings (SSSR count). The van der Waals surface area contributed by atoms with Gasteiger partial charge in [0.2, 0.25) is 0 Å². The average molecular weight is 872 g/mol. The molecule has 0 aliphatic heterocycles. The van der Waals surface area contributed by atoms with E-state index >= 15 is 0 Å². The topological polar surface area (TPSA) is 74.3 Å². The van der Waals surface area contributed by atoms with Crippen molar-refractivity contribution in [2.45, 2.75) is 253 Å². The number of unbranched alkanes of at least 4 members (excludes halogenated alkanes) is 18. The van der Waals surface area contributed by atoms with Gasteiger partial charge in [-0.05, 0) is 82.2 Å². The molecular formula is C55H101NO6. The molecule has 0 aliphatic carbocycles. The number of nitrogens with zero attached hydrogens (tertiary/aromatic N) is 1. The van der Waals surface area contributed by atoms with Crippen LogP contribution in [0.2, 0.25) is 0 Å². The molecule has 0 unspecified atom stereocenters. The highest BCUT2D eigenvalue weighted by molar-refractivity contribution is 5.69. The van der Waals surface area contributed by atoms with Crippen molar-refractivity contribution in [3.8, 4) is 11.5 Å². The monoisotopic (exact) mass is 872 g/mol. The second-order valence-electron chi connectivity index (χ2n) is 18.9. The predicted octanol–water partition coefficient (Wildman–Crippen LogP) is 16.2. The minimum absolute atomic E-state index is 0.0662. The number of esters is 2. The van der Waals surface area contributed by atoms with E-state index in [-0.39, 0.29) is 11.9 Å². The summed E-state index contributed by atoms with van der Waals surface area (Å²) in [6.45, 7) is 12.0. The Morgan fingerprint density at radius 1 is 0.419 bits per heavy atom. The first-order valence-corrected chi connectivity index (χ1v) is 26.7. The zero-order valence-corrected chi connectivity index (χ0v) is 41.9. The molecule has 0 amide bonds. The van der Waals surface area contributed by atoms with Crippen molar-refractivity contribution >= 4 is 11.9 Å².